The first-order valence-electron chi connectivity index (χ1n) is 3.42. The van der Waals surface area contributed by atoms with E-state index in [4.69, 9.17) is 15.6 Å². The number of aliphatic hydroxyl groups is 1. The predicted octanol–water partition coefficient (Wildman–Crippen LogP) is 0.909. The van der Waals surface area contributed by atoms with E-state index in [1.807, 2.05) is 0 Å². The van der Waals surface area contributed by atoms with E-state index in [-0.39, 0.29) is 17.9 Å². The lowest BCUT2D eigenvalue weighted by molar-refractivity contribution is 0.274. The maximum absolute atomic E-state index is 12.8. The zero-order valence-electron chi connectivity index (χ0n) is 6.67. The van der Waals surface area contributed by atoms with Crippen LogP contribution in [-0.4, -0.2) is 12.2 Å². The Labute approximate surface area is 69.6 Å². The zero-order chi connectivity index (χ0) is 9.14. The van der Waals surface area contributed by atoms with E-state index in [1.54, 1.807) is 0 Å². The highest BCUT2D eigenvalue weighted by atomic mass is 19.1. The number of benzene rings is 1. The number of anilines is 1. The quantitative estimate of drug-likeness (QED) is 0.650. The molecule has 0 fully saturated rings. The zero-order valence-corrected chi connectivity index (χ0v) is 6.67. The topological polar surface area (TPSA) is 55.5 Å². The summed E-state index contributed by atoms with van der Waals surface area (Å²) in [5.74, 6) is -0.142. The van der Waals surface area contributed by atoms with Gasteiger partial charge in [0.05, 0.1) is 19.4 Å². The first-order valence-corrected chi connectivity index (χ1v) is 3.42. The highest BCUT2D eigenvalue weighted by molar-refractivity contribution is 5.54. The van der Waals surface area contributed by atoms with Crippen LogP contribution in [0.5, 0.6) is 5.75 Å². The molecule has 0 radical (unpaired) electrons. The summed E-state index contributed by atoms with van der Waals surface area (Å²) in [6, 6.07) is 2.63. The van der Waals surface area contributed by atoms with Crippen molar-refractivity contribution in [1.82, 2.24) is 0 Å². The van der Waals surface area contributed by atoms with Gasteiger partial charge in [-0.2, -0.15) is 0 Å². The smallest absolute Gasteiger partial charge is 0.146 e. The molecule has 66 valence electrons. The number of halogens is 1. The number of nitrogen functional groups attached to an aromatic ring is 1. The van der Waals surface area contributed by atoms with Crippen LogP contribution in [0.1, 0.15) is 5.56 Å². The van der Waals surface area contributed by atoms with Crippen molar-refractivity contribution in [3.8, 4) is 5.75 Å². The Kier molecular flexibility index (Phi) is 2.50. The van der Waals surface area contributed by atoms with Crippen LogP contribution in [-0.2, 0) is 6.61 Å². The molecule has 4 heteroatoms. The molecule has 0 saturated heterocycles. The van der Waals surface area contributed by atoms with Crippen LogP contribution in [0.3, 0.4) is 0 Å². The average Bonchev–Trinajstić information content (AvgIpc) is 2.09. The minimum Gasteiger partial charge on any atom is -0.496 e. The summed E-state index contributed by atoms with van der Waals surface area (Å²) in [4.78, 5) is 0. The Bertz CT molecular complexity index is 289. The van der Waals surface area contributed by atoms with Crippen LogP contribution in [0.2, 0.25) is 0 Å². The van der Waals surface area contributed by atoms with Crippen molar-refractivity contribution >= 4 is 5.69 Å². The molecule has 0 saturated carbocycles. The minimum atomic E-state index is -0.542. The first kappa shape index (κ1) is 8.80. The van der Waals surface area contributed by atoms with Crippen LogP contribution in [0.25, 0.3) is 0 Å². The molecule has 0 aliphatic carbocycles. The van der Waals surface area contributed by atoms with Crippen molar-refractivity contribution in [3.05, 3.63) is 23.5 Å². The number of rotatable bonds is 2. The van der Waals surface area contributed by atoms with E-state index in [1.165, 1.54) is 19.2 Å². The fraction of sp³-hybridized carbons (Fsp3) is 0.250. The van der Waals surface area contributed by atoms with E-state index in [0.717, 1.165) is 0 Å². The highest BCUT2D eigenvalue weighted by Crippen LogP contribution is 2.26. The van der Waals surface area contributed by atoms with E-state index in [9.17, 15) is 4.39 Å². The molecule has 0 bridgehead atoms. The number of nitrogens with two attached hydrogens (primary N) is 1. The van der Waals surface area contributed by atoms with Gasteiger partial charge in [0.2, 0.25) is 0 Å². The van der Waals surface area contributed by atoms with Gasteiger partial charge >= 0.3 is 0 Å². The molecule has 1 aromatic carbocycles. The van der Waals surface area contributed by atoms with Gasteiger partial charge in [0, 0.05) is 5.56 Å². The molecule has 0 aliphatic heterocycles. The second-order valence-corrected chi connectivity index (χ2v) is 2.30. The van der Waals surface area contributed by atoms with Crippen LogP contribution in [0.15, 0.2) is 12.1 Å². The Morgan fingerprint density at radius 1 is 1.58 bits per heavy atom. The van der Waals surface area contributed by atoms with Gasteiger partial charge in [-0.1, -0.05) is 0 Å². The molecule has 3 N–H and O–H groups in total. The summed E-state index contributed by atoms with van der Waals surface area (Å²) in [5, 5.41) is 8.83. The van der Waals surface area contributed by atoms with Crippen LogP contribution in [0.4, 0.5) is 10.1 Å². The number of aliphatic hydroxyl groups excluding tert-OH is 1. The Balaban J connectivity index is 3.25. The summed E-state index contributed by atoms with van der Waals surface area (Å²) in [6.07, 6.45) is 0. The third-order valence-corrected chi connectivity index (χ3v) is 1.64. The number of ether oxygens (including phenoxy) is 1. The largest absolute Gasteiger partial charge is 0.496 e. The molecule has 0 atom stereocenters. The summed E-state index contributed by atoms with van der Waals surface area (Å²) in [5.41, 5.74) is 5.59. The number of hydrogen-bond acceptors (Lipinski definition) is 3. The molecular weight excluding hydrogens is 161 g/mol. The van der Waals surface area contributed by atoms with Crippen molar-refractivity contribution in [2.75, 3.05) is 12.8 Å². The van der Waals surface area contributed by atoms with Crippen molar-refractivity contribution in [1.29, 1.82) is 0 Å². The molecule has 0 aliphatic rings. The van der Waals surface area contributed by atoms with Gasteiger partial charge in [-0.15, -0.1) is 0 Å². The Hall–Kier alpha value is -1.29. The lowest BCUT2D eigenvalue weighted by Crippen LogP contribution is -2.00. The molecule has 0 heterocycles. The summed E-state index contributed by atoms with van der Waals surface area (Å²) < 4.78 is 17.7. The lowest BCUT2D eigenvalue weighted by atomic mass is 10.1. The maximum Gasteiger partial charge on any atom is 0.146 e. The van der Waals surface area contributed by atoms with Gasteiger partial charge < -0.3 is 15.6 Å². The number of hydrogen-bond donors (Lipinski definition) is 2. The van der Waals surface area contributed by atoms with Gasteiger partial charge in [-0.3, -0.25) is 0 Å². The van der Waals surface area contributed by atoms with Gasteiger partial charge in [0.1, 0.15) is 11.6 Å². The van der Waals surface area contributed by atoms with Gasteiger partial charge in [0.15, 0.2) is 0 Å². The monoisotopic (exact) mass is 171 g/mol. The van der Waals surface area contributed by atoms with Gasteiger partial charge in [-0.25, -0.2) is 4.39 Å². The second-order valence-electron chi connectivity index (χ2n) is 2.30. The molecule has 12 heavy (non-hydrogen) atoms. The second kappa shape index (κ2) is 3.40. The van der Waals surface area contributed by atoms with Crippen molar-refractivity contribution < 1.29 is 14.2 Å². The molecule has 0 aromatic heterocycles. The van der Waals surface area contributed by atoms with Crippen LogP contribution >= 0.6 is 0 Å². The van der Waals surface area contributed by atoms with E-state index in [0.29, 0.717) is 5.75 Å². The fourth-order valence-corrected chi connectivity index (χ4v) is 0.970. The molecule has 0 spiro atoms. The normalized spacial score (nSPS) is 9.92. The standard InChI is InChI=1S/C8H10FNO2/c1-12-7-3-2-6(9)8(10)5(7)4-11/h2-3,11H,4,10H2,1H3. The van der Waals surface area contributed by atoms with E-state index < -0.39 is 5.82 Å². The molecule has 0 unspecified atom stereocenters. The van der Waals surface area contributed by atoms with Crippen LogP contribution < -0.4 is 10.5 Å². The summed E-state index contributed by atoms with van der Waals surface area (Å²) >= 11 is 0. The lowest BCUT2D eigenvalue weighted by Gasteiger charge is -2.08. The molecular formula is C8H10FNO2. The van der Waals surface area contributed by atoms with Crippen molar-refractivity contribution in [2.45, 2.75) is 6.61 Å². The van der Waals surface area contributed by atoms with E-state index in [2.05, 4.69) is 0 Å². The minimum absolute atomic E-state index is 0.0585. The number of methoxy groups -OCH3 is 1. The molecule has 3 nitrogen and oxygen atoms in total. The first-order chi connectivity index (χ1) is 5.70. The SMILES string of the molecule is COc1ccc(F)c(N)c1CO. The predicted molar refractivity (Wildman–Crippen MR) is 43.3 cm³/mol. The Morgan fingerprint density at radius 3 is 2.75 bits per heavy atom. The van der Waals surface area contributed by atoms with Crippen molar-refractivity contribution in [3.63, 3.8) is 0 Å². The van der Waals surface area contributed by atoms with Crippen molar-refractivity contribution in [2.24, 2.45) is 0 Å². The molecule has 0 amide bonds. The Morgan fingerprint density at radius 2 is 2.25 bits per heavy atom. The van der Waals surface area contributed by atoms with Gasteiger partial charge in [0.25, 0.3) is 0 Å². The fourth-order valence-electron chi connectivity index (χ4n) is 0.970. The highest BCUT2D eigenvalue weighted by Gasteiger charge is 2.09. The third kappa shape index (κ3) is 1.33. The third-order valence-electron chi connectivity index (χ3n) is 1.64. The summed E-state index contributed by atoms with van der Waals surface area (Å²) in [7, 11) is 1.44. The maximum atomic E-state index is 12.8. The van der Waals surface area contributed by atoms with Gasteiger partial charge in [-0.05, 0) is 12.1 Å². The van der Waals surface area contributed by atoms with E-state index >= 15 is 0 Å². The van der Waals surface area contributed by atoms with Crippen LogP contribution in [0, 0.1) is 5.82 Å². The molecule has 1 aromatic rings. The average molecular weight is 171 g/mol. The summed E-state index contributed by atoms with van der Waals surface area (Å²) in [6.45, 7) is -0.327. The molecule has 1 rings (SSSR count).